The molecule has 88 valence electrons. The maximum Gasteiger partial charge on any atom is 0.310 e. The molecule has 2 rings (SSSR count). The van der Waals surface area contributed by atoms with Gasteiger partial charge in [-0.05, 0) is 19.4 Å². The first-order valence-corrected chi connectivity index (χ1v) is 5.59. The van der Waals surface area contributed by atoms with Crippen molar-refractivity contribution in [3.05, 3.63) is 12.2 Å². The third-order valence-corrected chi connectivity index (χ3v) is 3.16. The lowest BCUT2D eigenvalue weighted by Gasteiger charge is -2.15. The van der Waals surface area contributed by atoms with Crippen LogP contribution in [-0.4, -0.2) is 36.1 Å². The Morgan fingerprint density at radius 2 is 2.19 bits per heavy atom. The molecule has 0 aromatic rings. The van der Waals surface area contributed by atoms with Gasteiger partial charge in [0.25, 0.3) is 0 Å². The lowest BCUT2D eigenvalue weighted by Crippen LogP contribution is -2.38. The number of hydrogen-bond acceptors (Lipinski definition) is 3. The highest BCUT2D eigenvalue weighted by Gasteiger charge is 2.28. The van der Waals surface area contributed by atoms with Crippen LogP contribution in [0.2, 0.25) is 0 Å². The van der Waals surface area contributed by atoms with Gasteiger partial charge in [0, 0.05) is 12.6 Å². The van der Waals surface area contributed by atoms with Gasteiger partial charge in [-0.3, -0.25) is 9.59 Å². The predicted molar refractivity (Wildman–Crippen MR) is 57.8 cm³/mol. The quantitative estimate of drug-likeness (QED) is 0.577. The number of aliphatic carboxylic acids is 1. The highest BCUT2D eigenvalue weighted by Crippen LogP contribution is 2.18. The zero-order chi connectivity index (χ0) is 11.5. The standard InChI is InChI=1S/C11H16N2O3/c14-10(8-3-4-12-6-8)13-9-2-1-7(5-9)11(15)16/h1-2,7-9,12H,3-6H2,(H,13,14)(H,15,16). The van der Waals surface area contributed by atoms with Crippen LogP contribution in [0, 0.1) is 11.8 Å². The molecule has 0 radical (unpaired) electrons. The smallest absolute Gasteiger partial charge is 0.310 e. The Bertz CT molecular complexity index is 321. The minimum absolute atomic E-state index is 0.0330. The van der Waals surface area contributed by atoms with Crippen LogP contribution in [-0.2, 0) is 9.59 Å². The van der Waals surface area contributed by atoms with Crippen molar-refractivity contribution in [3.63, 3.8) is 0 Å². The van der Waals surface area contributed by atoms with Crippen molar-refractivity contribution >= 4 is 11.9 Å². The number of hydrogen-bond donors (Lipinski definition) is 3. The average Bonchev–Trinajstić information content (AvgIpc) is 2.87. The maximum atomic E-state index is 11.7. The summed E-state index contributed by atoms with van der Waals surface area (Å²) in [4.78, 5) is 22.5. The lowest BCUT2D eigenvalue weighted by atomic mass is 10.1. The summed E-state index contributed by atoms with van der Waals surface area (Å²) in [6, 6.07) is -0.116. The van der Waals surface area contributed by atoms with Crippen LogP contribution >= 0.6 is 0 Å². The molecule has 0 bridgehead atoms. The molecule has 0 aromatic carbocycles. The molecule has 1 amide bonds. The topological polar surface area (TPSA) is 78.4 Å². The zero-order valence-electron chi connectivity index (χ0n) is 8.98. The molecule has 0 aromatic heterocycles. The number of carboxylic acid groups (broad SMARTS) is 1. The summed E-state index contributed by atoms with van der Waals surface area (Å²) >= 11 is 0. The molecule has 0 spiro atoms. The third kappa shape index (κ3) is 2.41. The van der Waals surface area contributed by atoms with Gasteiger partial charge in [0.1, 0.15) is 0 Å². The average molecular weight is 224 g/mol. The van der Waals surface area contributed by atoms with Gasteiger partial charge in [0.05, 0.1) is 11.8 Å². The number of nitrogens with one attached hydrogen (secondary N) is 2. The molecule has 16 heavy (non-hydrogen) atoms. The molecule has 5 heteroatoms. The number of carbonyl (C=O) groups excluding carboxylic acids is 1. The van der Waals surface area contributed by atoms with Gasteiger partial charge >= 0.3 is 5.97 Å². The van der Waals surface area contributed by atoms with Crippen molar-refractivity contribution in [1.29, 1.82) is 0 Å². The summed E-state index contributed by atoms with van der Waals surface area (Å²) in [5, 5.41) is 14.8. The minimum Gasteiger partial charge on any atom is -0.481 e. The molecule has 1 aliphatic carbocycles. The van der Waals surface area contributed by atoms with Crippen LogP contribution in [0.3, 0.4) is 0 Å². The second-order valence-electron chi connectivity index (χ2n) is 4.37. The van der Waals surface area contributed by atoms with Gasteiger partial charge in [0.2, 0.25) is 5.91 Å². The molecule has 5 nitrogen and oxygen atoms in total. The summed E-state index contributed by atoms with van der Waals surface area (Å²) in [7, 11) is 0. The predicted octanol–water partition coefficient (Wildman–Crippen LogP) is -0.259. The number of rotatable bonds is 3. The first kappa shape index (κ1) is 11.1. The highest BCUT2D eigenvalue weighted by molar-refractivity contribution is 5.80. The van der Waals surface area contributed by atoms with Crippen LogP contribution in [0.5, 0.6) is 0 Å². The van der Waals surface area contributed by atoms with E-state index in [1.165, 1.54) is 0 Å². The molecule has 3 unspecified atom stereocenters. The SMILES string of the molecule is O=C(O)C1C=CC(NC(=O)C2CCNC2)C1. The number of amides is 1. The van der Waals surface area contributed by atoms with Crippen molar-refractivity contribution in [2.45, 2.75) is 18.9 Å². The number of carboxylic acids is 1. The molecule has 3 atom stereocenters. The summed E-state index contributed by atoms with van der Waals surface area (Å²) in [6.45, 7) is 1.61. The van der Waals surface area contributed by atoms with Crippen molar-refractivity contribution in [2.75, 3.05) is 13.1 Å². The van der Waals surface area contributed by atoms with Gasteiger partial charge in [-0.25, -0.2) is 0 Å². The molecule has 0 saturated carbocycles. The van der Waals surface area contributed by atoms with E-state index in [9.17, 15) is 9.59 Å². The molecule has 2 aliphatic rings. The van der Waals surface area contributed by atoms with Crippen molar-refractivity contribution in [1.82, 2.24) is 10.6 Å². The summed E-state index contributed by atoms with van der Waals surface area (Å²) in [5.41, 5.74) is 0. The summed E-state index contributed by atoms with van der Waals surface area (Å²) in [6.07, 6.45) is 4.77. The van der Waals surface area contributed by atoms with E-state index in [-0.39, 0.29) is 17.9 Å². The van der Waals surface area contributed by atoms with E-state index in [0.717, 1.165) is 19.5 Å². The highest BCUT2D eigenvalue weighted by atomic mass is 16.4. The lowest BCUT2D eigenvalue weighted by molar-refractivity contribution is -0.140. The van der Waals surface area contributed by atoms with E-state index in [1.54, 1.807) is 12.2 Å². The minimum atomic E-state index is -0.824. The molecule has 1 saturated heterocycles. The summed E-state index contributed by atoms with van der Waals surface area (Å²) < 4.78 is 0. The van der Waals surface area contributed by atoms with Gasteiger partial charge in [-0.15, -0.1) is 0 Å². The maximum absolute atomic E-state index is 11.7. The Kier molecular flexibility index (Phi) is 3.24. The van der Waals surface area contributed by atoms with E-state index in [2.05, 4.69) is 10.6 Å². The Morgan fingerprint density at radius 1 is 1.38 bits per heavy atom. The Balaban J connectivity index is 1.81. The van der Waals surface area contributed by atoms with Crippen molar-refractivity contribution < 1.29 is 14.7 Å². The largest absolute Gasteiger partial charge is 0.481 e. The van der Waals surface area contributed by atoms with Gasteiger partial charge in [0.15, 0.2) is 0 Å². The van der Waals surface area contributed by atoms with E-state index in [1.807, 2.05) is 0 Å². The fourth-order valence-corrected chi connectivity index (χ4v) is 2.17. The molecular formula is C11H16N2O3. The molecule has 1 fully saturated rings. The fraction of sp³-hybridized carbons (Fsp3) is 0.636. The third-order valence-electron chi connectivity index (χ3n) is 3.16. The van der Waals surface area contributed by atoms with Crippen molar-refractivity contribution in [3.8, 4) is 0 Å². The molecule has 3 N–H and O–H groups in total. The van der Waals surface area contributed by atoms with Crippen molar-refractivity contribution in [2.24, 2.45) is 11.8 Å². The normalized spacial score (nSPS) is 32.9. The second kappa shape index (κ2) is 4.65. The van der Waals surface area contributed by atoms with Gasteiger partial charge in [-0.2, -0.15) is 0 Å². The van der Waals surface area contributed by atoms with E-state index < -0.39 is 11.9 Å². The second-order valence-corrected chi connectivity index (χ2v) is 4.37. The number of carbonyl (C=O) groups is 2. The Morgan fingerprint density at radius 3 is 2.75 bits per heavy atom. The van der Waals surface area contributed by atoms with Gasteiger partial charge in [-0.1, -0.05) is 12.2 Å². The Labute approximate surface area is 93.9 Å². The van der Waals surface area contributed by atoms with Crippen LogP contribution < -0.4 is 10.6 Å². The van der Waals surface area contributed by atoms with E-state index in [4.69, 9.17) is 5.11 Å². The zero-order valence-corrected chi connectivity index (χ0v) is 8.98. The van der Waals surface area contributed by atoms with E-state index >= 15 is 0 Å². The first-order valence-electron chi connectivity index (χ1n) is 5.59. The van der Waals surface area contributed by atoms with E-state index in [0.29, 0.717) is 6.42 Å². The fourth-order valence-electron chi connectivity index (χ4n) is 2.17. The van der Waals surface area contributed by atoms with Crippen LogP contribution in [0.15, 0.2) is 12.2 Å². The molecule has 1 aliphatic heterocycles. The van der Waals surface area contributed by atoms with Crippen LogP contribution in [0.4, 0.5) is 0 Å². The monoisotopic (exact) mass is 224 g/mol. The van der Waals surface area contributed by atoms with Crippen LogP contribution in [0.25, 0.3) is 0 Å². The van der Waals surface area contributed by atoms with Gasteiger partial charge < -0.3 is 15.7 Å². The molecular weight excluding hydrogens is 208 g/mol. The first-order chi connectivity index (χ1) is 7.66. The summed E-state index contributed by atoms with van der Waals surface area (Å²) in [5.74, 6) is -1.20. The van der Waals surface area contributed by atoms with Crippen LogP contribution in [0.1, 0.15) is 12.8 Å². The molecule has 1 heterocycles. The Hall–Kier alpha value is -1.36.